The van der Waals surface area contributed by atoms with Crippen LogP contribution in [-0.4, -0.2) is 5.91 Å². The van der Waals surface area contributed by atoms with Crippen molar-refractivity contribution in [2.45, 2.75) is 32.1 Å². The van der Waals surface area contributed by atoms with Crippen LogP contribution in [0.3, 0.4) is 0 Å². The molecule has 2 fully saturated rings. The average Bonchev–Trinajstić information content (AvgIpc) is 2.90. The minimum atomic E-state index is 0.189. The topological polar surface area (TPSA) is 29.1 Å². The fraction of sp³-hybridized carbons (Fsp3) is 0.533. The molecule has 1 aromatic rings. The van der Waals surface area contributed by atoms with Gasteiger partial charge in [0, 0.05) is 15.7 Å². The predicted octanol–water partition coefficient (Wildman–Crippen LogP) is 4.06. The van der Waals surface area contributed by atoms with Gasteiger partial charge in [-0.1, -0.05) is 12.5 Å². The first-order valence-corrected chi connectivity index (χ1v) is 7.84. The van der Waals surface area contributed by atoms with Gasteiger partial charge >= 0.3 is 0 Å². The Bertz CT molecular complexity index is 460. The second kappa shape index (κ2) is 5.19. The molecule has 18 heavy (non-hydrogen) atoms. The van der Waals surface area contributed by atoms with Crippen molar-refractivity contribution in [1.82, 2.24) is 0 Å². The molecule has 0 saturated heterocycles. The smallest absolute Gasteiger partial charge is 0.224 e. The molecule has 2 bridgehead atoms. The highest BCUT2D eigenvalue weighted by Gasteiger charge is 2.40. The Hall–Kier alpha value is -0.580. The molecule has 0 spiro atoms. The van der Waals surface area contributed by atoms with Crippen molar-refractivity contribution < 1.29 is 4.79 Å². The zero-order valence-corrected chi connectivity index (χ0v) is 12.5. The third kappa shape index (κ3) is 2.71. The van der Waals surface area contributed by atoms with Gasteiger partial charge in [0.25, 0.3) is 0 Å². The summed E-state index contributed by atoms with van der Waals surface area (Å²) in [6, 6.07) is 7.99. The molecule has 3 heteroatoms. The summed E-state index contributed by atoms with van der Waals surface area (Å²) >= 11 is 2.27. The summed E-state index contributed by atoms with van der Waals surface area (Å²) in [4.78, 5) is 12.0. The lowest BCUT2D eigenvalue weighted by Crippen LogP contribution is -2.20. The summed E-state index contributed by atoms with van der Waals surface area (Å²) in [5, 5.41) is 3.03. The maximum Gasteiger partial charge on any atom is 0.224 e. The van der Waals surface area contributed by atoms with Crippen molar-refractivity contribution in [2.75, 3.05) is 5.32 Å². The van der Waals surface area contributed by atoms with E-state index < -0.39 is 0 Å². The van der Waals surface area contributed by atoms with Crippen LogP contribution in [0.25, 0.3) is 0 Å². The number of halogens is 1. The predicted molar refractivity (Wildman–Crippen MR) is 81.3 cm³/mol. The van der Waals surface area contributed by atoms with Crippen LogP contribution in [-0.2, 0) is 4.79 Å². The first-order chi connectivity index (χ1) is 8.70. The first kappa shape index (κ1) is 12.5. The number of fused-ring (bicyclic) bond motifs is 2. The summed E-state index contributed by atoms with van der Waals surface area (Å²) in [6.45, 7) is 0. The van der Waals surface area contributed by atoms with Crippen LogP contribution < -0.4 is 5.32 Å². The van der Waals surface area contributed by atoms with Gasteiger partial charge in [0.2, 0.25) is 5.91 Å². The molecular formula is C15H18INO. The maximum atomic E-state index is 12.0. The largest absolute Gasteiger partial charge is 0.326 e. The maximum absolute atomic E-state index is 12.0. The summed E-state index contributed by atoms with van der Waals surface area (Å²) in [6.07, 6.45) is 6.13. The number of carbonyl (C=O) groups is 1. The minimum absolute atomic E-state index is 0.189. The summed E-state index contributed by atoms with van der Waals surface area (Å²) in [5.41, 5.74) is 0.926. The van der Waals surface area contributed by atoms with Crippen LogP contribution >= 0.6 is 22.6 Å². The molecular weight excluding hydrogens is 337 g/mol. The van der Waals surface area contributed by atoms with E-state index in [0.29, 0.717) is 12.3 Å². The molecule has 3 atom stereocenters. The van der Waals surface area contributed by atoms with Crippen molar-refractivity contribution in [3.05, 3.63) is 27.8 Å². The van der Waals surface area contributed by atoms with Crippen molar-refractivity contribution in [3.63, 3.8) is 0 Å². The van der Waals surface area contributed by atoms with Gasteiger partial charge in [0.05, 0.1) is 0 Å². The monoisotopic (exact) mass is 355 g/mol. The second-order valence-electron chi connectivity index (χ2n) is 5.70. The highest BCUT2D eigenvalue weighted by Crippen LogP contribution is 2.49. The highest BCUT2D eigenvalue weighted by atomic mass is 127. The number of hydrogen-bond acceptors (Lipinski definition) is 1. The molecule has 2 nitrogen and oxygen atoms in total. The van der Waals surface area contributed by atoms with Gasteiger partial charge in [0.15, 0.2) is 0 Å². The number of hydrogen-bond donors (Lipinski definition) is 1. The molecule has 1 N–H and O–H groups in total. The summed E-state index contributed by atoms with van der Waals surface area (Å²) in [7, 11) is 0. The second-order valence-corrected chi connectivity index (χ2v) is 6.94. The highest BCUT2D eigenvalue weighted by molar-refractivity contribution is 14.1. The lowest BCUT2D eigenvalue weighted by molar-refractivity contribution is -0.117. The molecule has 1 aromatic carbocycles. The zero-order valence-electron chi connectivity index (χ0n) is 10.4. The third-order valence-corrected chi connectivity index (χ3v) is 5.11. The standard InChI is InChI=1S/C15H18INO/c16-13-2-1-3-14(9-13)17-15(18)8-12-7-10-4-5-11(12)6-10/h1-3,9-12H,4-8H2,(H,17,18)/t10-,11-,12+/m1/s1. The van der Waals surface area contributed by atoms with Crippen LogP contribution in [0.5, 0.6) is 0 Å². The number of carbonyl (C=O) groups excluding carboxylic acids is 1. The molecule has 0 aliphatic heterocycles. The fourth-order valence-corrected chi connectivity index (χ4v) is 4.19. The van der Waals surface area contributed by atoms with E-state index in [0.717, 1.165) is 21.1 Å². The van der Waals surface area contributed by atoms with Crippen molar-refractivity contribution in [3.8, 4) is 0 Å². The third-order valence-electron chi connectivity index (χ3n) is 4.44. The normalized spacial score (nSPS) is 29.5. The fourth-order valence-electron chi connectivity index (χ4n) is 3.64. The van der Waals surface area contributed by atoms with Gasteiger partial charge in [-0.15, -0.1) is 0 Å². The van der Waals surface area contributed by atoms with Crippen LogP contribution in [0.15, 0.2) is 24.3 Å². The molecule has 2 aliphatic rings. The number of benzene rings is 1. The van der Waals surface area contributed by atoms with E-state index in [1.807, 2.05) is 24.3 Å². The van der Waals surface area contributed by atoms with E-state index in [-0.39, 0.29) is 5.91 Å². The molecule has 0 unspecified atom stereocenters. The lowest BCUT2D eigenvalue weighted by Gasteiger charge is -2.20. The van der Waals surface area contributed by atoms with E-state index in [9.17, 15) is 4.79 Å². The molecule has 0 heterocycles. The zero-order chi connectivity index (χ0) is 12.5. The van der Waals surface area contributed by atoms with Gasteiger partial charge in [-0.3, -0.25) is 4.79 Å². The number of rotatable bonds is 3. The van der Waals surface area contributed by atoms with Gasteiger partial charge in [-0.2, -0.15) is 0 Å². The van der Waals surface area contributed by atoms with Crippen LogP contribution in [0.2, 0.25) is 0 Å². The van der Waals surface area contributed by atoms with Gasteiger partial charge in [-0.05, 0) is 77.8 Å². The van der Waals surface area contributed by atoms with E-state index in [1.165, 1.54) is 25.7 Å². The van der Waals surface area contributed by atoms with E-state index in [1.54, 1.807) is 0 Å². The summed E-state index contributed by atoms with van der Waals surface area (Å²) in [5.74, 6) is 2.59. The van der Waals surface area contributed by atoms with Gasteiger partial charge in [-0.25, -0.2) is 0 Å². The number of anilines is 1. The molecule has 2 aliphatic carbocycles. The quantitative estimate of drug-likeness (QED) is 0.815. The van der Waals surface area contributed by atoms with Gasteiger partial charge in [0.1, 0.15) is 0 Å². The van der Waals surface area contributed by atoms with Crippen LogP contribution in [0.1, 0.15) is 32.1 Å². The van der Waals surface area contributed by atoms with E-state index >= 15 is 0 Å². The Morgan fingerprint density at radius 3 is 2.89 bits per heavy atom. The van der Waals surface area contributed by atoms with E-state index in [4.69, 9.17) is 0 Å². The lowest BCUT2D eigenvalue weighted by atomic mass is 9.86. The van der Waals surface area contributed by atoms with Crippen molar-refractivity contribution in [2.24, 2.45) is 17.8 Å². The van der Waals surface area contributed by atoms with Crippen molar-refractivity contribution >= 4 is 34.2 Å². The Morgan fingerprint density at radius 2 is 2.22 bits per heavy atom. The van der Waals surface area contributed by atoms with Crippen LogP contribution in [0, 0.1) is 21.3 Å². The van der Waals surface area contributed by atoms with E-state index in [2.05, 4.69) is 27.9 Å². The molecule has 3 rings (SSSR count). The SMILES string of the molecule is O=C(C[C@@H]1C[C@@H]2CC[C@@H]1C2)Nc1cccc(I)c1. The first-order valence-electron chi connectivity index (χ1n) is 6.76. The summed E-state index contributed by atoms with van der Waals surface area (Å²) < 4.78 is 1.16. The number of amides is 1. The Morgan fingerprint density at radius 1 is 1.33 bits per heavy atom. The Balaban J connectivity index is 1.56. The molecule has 96 valence electrons. The minimum Gasteiger partial charge on any atom is -0.326 e. The molecule has 1 amide bonds. The Labute approximate surface area is 122 Å². The molecule has 0 radical (unpaired) electrons. The average molecular weight is 355 g/mol. The molecule has 2 saturated carbocycles. The molecule has 0 aromatic heterocycles. The Kier molecular flexibility index (Phi) is 3.59. The van der Waals surface area contributed by atoms with Gasteiger partial charge < -0.3 is 5.32 Å². The van der Waals surface area contributed by atoms with Crippen molar-refractivity contribution in [1.29, 1.82) is 0 Å². The van der Waals surface area contributed by atoms with Crippen LogP contribution in [0.4, 0.5) is 5.69 Å². The number of nitrogens with one attached hydrogen (secondary N) is 1.